The zero-order valence-electron chi connectivity index (χ0n) is 11.1. The molecule has 0 radical (unpaired) electrons. The molecule has 0 unspecified atom stereocenters. The standard InChI is InChI=1S/C13H18ClN5/c1-10-16-17-13-12(15-7-9-18(10)13)19(8-6-14)11-4-2-3-5-11/h7,9,11H,2-6,8H2,1H3. The molecule has 0 aromatic carbocycles. The highest BCUT2D eigenvalue weighted by atomic mass is 35.5. The molecule has 2 heterocycles. The minimum atomic E-state index is 0.537. The summed E-state index contributed by atoms with van der Waals surface area (Å²) in [6.45, 7) is 2.76. The third kappa shape index (κ3) is 2.27. The van der Waals surface area contributed by atoms with Gasteiger partial charge in [0.1, 0.15) is 5.82 Å². The number of aromatic nitrogens is 4. The van der Waals surface area contributed by atoms with Crippen LogP contribution in [-0.4, -0.2) is 38.0 Å². The Morgan fingerprint density at radius 3 is 2.89 bits per heavy atom. The van der Waals surface area contributed by atoms with Crippen LogP contribution in [0.15, 0.2) is 12.4 Å². The Balaban J connectivity index is 2.03. The summed E-state index contributed by atoms with van der Waals surface area (Å²) in [5.74, 6) is 2.40. The Labute approximate surface area is 117 Å². The monoisotopic (exact) mass is 279 g/mol. The van der Waals surface area contributed by atoms with Crippen LogP contribution in [0.25, 0.3) is 5.65 Å². The lowest BCUT2D eigenvalue weighted by molar-refractivity contribution is 0.614. The largest absolute Gasteiger partial charge is 0.349 e. The Morgan fingerprint density at radius 1 is 1.37 bits per heavy atom. The maximum Gasteiger partial charge on any atom is 0.203 e. The second-order valence-electron chi connectivity index (χ2n) is 5.01. The van der Waals surface area contributed by atoms with E-state index < -0.39 is 0 Å². The molecule has 102 valence electrons. The van der Waals surface area contributed by atoms with Gasteiger partial charge in [0.2, 0.25) is 5.65 Å². The third-order valence-electron chi connectivity index (χ3n) is 3.84. The lowest BCUT2D eigenvalue weighted by atomic mass is 10.2. The molecule has 0 bridgehead atoms. The number of alkyl halides is 1. The van der Waals surface area contributed by atoms with Gasteiger partial charge in [-0.1, -0.05) is 12.8 Å². The molecule has 6 heteroatoms. The van der Waals surface area contributed by atoms with Gasteiger partial charge in [-0.15, -0.1) is 21.8 Å². The maximum atomic E-state index is 5.97. The average molecular weight is 280 g/mol. The molecule has 2 aromatic rings. The first-order valence-corrected chi connectivity index (χ1v) is 7.33. The molecule has 0 amide bonds. The predicted molar refractivity (Wildman–Crippen MR) is 75.8 cm³/mol. The summed E-state index contributed by atoms with van der Waals surface area (Å²) in [7, 11) is 0. The summed E-state index contributed by atoms with van der Waals surface area (Å²) in [5.41, 5.74) is 0.831. The molecule has 0 aliphatic heterocycles. The SMILES string of the molecule is Cc1nnc2c(N(CCCl)C3CCCC3)nccn12. The Kier molecular flexibility index (Phi) is 3.55. The molecular weight excluding hydrogens is 262 g/mol. The van der Waals surface area contributed by atoms with Crippen LogP contribution in [0.4, 0.5) is 5.82 Å². The summed E-state index contributed by atoms with van der Waals surface area (Å²) in [4.78, 5) is 6.84. The van der Waals surface area contributed by atoms with E-state index in [9.17, 15) is 0 Å². The van der Waals surface area contributed by atoms with Gasteiger partial charge in [-0.3, -0.25) is 4.40 Å². The number of rotatable bonds is 4. The number of aryl methyl sites for hydroxylation is 1. The molecule has 0 spiro atoms. The molecule has 5 nitrogen and oxygen atoms in total. The van der Waals surface area contributed by atoms with Gasteiger partial charge in [0.15, 0.2) is 5.82 Å². The first kappa shape index (κ1) is 12.7. The first-order valence-electron chi connectivity index (χ1n) is 6.80. The van der Waals surface area contributed by atoms with E-state index in [1.807, 2.05) is 23.7 Å². The van der Waals surface area contributed by atoms with Crippen LogP contribution in [-0.2, 0) is 0 Å². The van der Waals surface area contributed by atoms with Crippen molar-refractivity contribution in [2.75, 3.05) is 17.3 Å². The van der Waals surface area contributed by atoms with E-state index in [0.717, 1.165) is 23.8 Å². The molecular formula is C13H18ClN5. The fourth-order valence-corrected chi connectivity index (χ4v) is 3.08. The lowest BCUT2D eigenvalue weighted by Gasteiger charge is -2.29. The van der Waals surface area contributed by atoms with Crippen molar-refractivity contribution in [1.82, 2.24) is 19.6 Å². The van der Waals surface area contributed by atoms with Gasteiger partial charge in [-0.25, -0.2) is 4.98 Å². The number of nitrogens with zero attached hydrogens (tertiary/aromatic N) is 5. The van der Waals surface area contributed by atoms with Crippen LogP contribution in [0.3, 0.4) is 0 Å². The van der Waals surface area contributed by atoms with Crippen molar-refractivity contribution >= 4 is 23.1 Å². The zero-order chi connectivity index (χ0) is 13.2. The van der Waals surface area contributed by atoms with Gasteiger partial charge in [0.05, 0.1) is 0 Å². The number of halogens is 1. The van der Waals surface area contributed by atoms with Crippen molar-refractivity contribution in [3.63, 3.8) is 0 Å². The van der Waals surface area contributed by atoms with Crippen LogP contribution in [0, 0.1) is 6.92 Å². The van der Waals surface area contributed by atoms with Crippen molar-refractivity contribution in [3.05, 3.63) is 18.2 Å². The number of hydrogen-bond donors (Lipinski definition) is 0. The highest BCUT2D eigenvalue weighted by molar-refractivity contribution is 6.18. The van der Waals surface area contributed by atoms with E-state index in [4.69, 9.17) is 11.6 Å². The molecule has 3 rings (SSSR count). The van der Waals surface area contributed by atoms with Crippen molar-refractivity contribution in [1.29, 1.82) is 0 Å². The van der Waals surface area contributed by atoms with Crippen LogP contribution in [0.5, 0.6) is 0 Å². The molecule has 19 heavy (non-hydrogen) atoms. The molecule has 0 atom stereocenters. The van der Waals surface area contributed by atoms with Crippen molar-refractivity contribution in [2.45, 2.75) is 38.6 Å². The fourth-order valence-electron chi connectivity index (χ4n) is 2.90. The van der Waals surface area contributed by atoms with E-state index in [-0.39, 0.29) is 0 Å². The summed E-state index contributed by atoms with van der Waals surface area (Å²) in [6, 6.07) is 0.537. The second-order valence-corrected chi connectivity index (χ2v) is 5.39. The number of anilines is 1. The summed E-state index contributed by atoms with van der Waals surface area (Å²) >= 11 is 5.97. The van der Waals surface area contributed by atoms with Crippen LogP contribution in [0.2, 0.25) is 0 Å². The van der Waals surface area contributed by atoms with Gasteiger partial charge >= 0.3 is 0 Å². The lowest BCUT2D eigenvalue weighted by Crippen LogP contribution is -2.36. The molecule has 2 aromatic heterocycles. The van der Waals surface area contributed by atoms with E-state index in [0.29, 0.717) is 11.9 Å². The molecule has 1 aliphatic carbocycles. The van der Waals surface area contributed by atoms with Crippen molar-refractivity contribution in [3.8, 4) is 0 Å². The molecule has 1 aliphatic rings. The minimum Gasteiger partial charge on any atom is -0.349 e. The number of fused-ring (bicyclic) bond motifs is 1. The second kappa shape index (κ2) is 5.33. The zero-order valence-corrected chi connectivity index (χ0v) is 11.8. The Morgan fingerprint density at radius 2 is 2.16 bits per heavy atom. The van der Waals surface area contributed by atoms with Crippen molar-refractivity contribution in [2.24, 2.45) is 0 Å². The van der Waals surface area contributed by atoms with Crippen LogP contribution in [0.1, 0.15) is 31.5 Å². The minimum absolute atomic E-state index is 0.537. The number of hydrogen-bond acceptors (Lipinski definition) is 4. The fraction of sp³-hybridized carbons (Fsp3) is 0.615. The average Bonchev–Trinajstić information content (AvgIpc) is 3.06. The molecule has 1 saturated carbocycles. The predicted octanol–water partition coefficient (Wildman–Crippen LogP) is 2.42. The summed E-state index contributed by atoms with van der Waals surface area (Å²) in [6.07, 6.45) is 8.73. The molecule has 0 N–H and O–H groups in total. The maximum absolute atomic E-state index is 5.97. The normalized spacial score (nSPS) is 16.3. The van der Waals surface area contributed by atoms with E-state index >= 15 is 0 Å². The van der Waals surface area contributed by atoms with E-state index in [1.165, 1.54) is 25.7 Å². The van der Waals surface area contributed by atoms with Crippen LogP contribution < -0.4 is 4.90 Å². The van der Waals surface area contributed by atoms with E-state index in [1.54, 1.807) is 0 Å². The van der Waals surface area contributed by atoms with Gasteiger partial charge in [-0.05, 0) is 19.8 Å². The molecule has 1 fully saturated rings. The summed E-state index contributed by atoms with van der Waals surface area (Å²) in [5, 5.41) is 8.40. The Hall–Kier alpha value is -1.36. The topological polar surface area (TPSA) is 46.3 Å². The van der Waals surface area contributed by atoms with Gasteiger partial charge in [-0.2, -0.15) is 0 Å². The summed E-state index contributed by atoms with van der Waals surface area (Å²) < 4.78 is 1.98. The van der Waals surface area contributed by atoms with E-state index in [2.05, 4.69) is 20.1 Å². The highest BCUT2D eigenvalue weighted by Gasteiger charge is 2.25. The quantitative estimate of drug-likeness (QED) is 0.807. The van der Waals surface area contributed by atoms with Gasteiger partial charge in [0.25, 0.3) is 0 Å². The smallest absolute Gasteiger partial charge is 0.203 e. The van der Waals surface area contributed by atoms with Crippen molar-refractivity contribution < 1.29 is 0 Å². The van der Waals surface area contributed by atoms with Gasteiger partial charge < -0.3 is 4.90 Å². The third-order valence-corrected chi connectivity index (χ3v) is 4.01. The highest BCUT2D eigenvalue weighted by Crippen LogP contribution is 2.28. The Bertz CT molecular complexity index is 561. The van der Waals surface area contributed by atoms with Gasteiger partial charge in [0, 0.05) is 30.9 Å². The first-order chi connectivity index (χ1) is 9.31. The molecule has 0 saturated heterocycles. The van der Waals surface area contributed by atoms with Crippen LogP contribution >= 0.6 is 11.6 Å².